The van der Waals surface area contributed by atoms with Crippen molar-refractivity contribution >= 4 is 21.8 Å². The largest absolute Gasteiger partial charge is 0.357 e. The zero-order valence-electron chi connectivity index (χ0n) is 17.2. The lowest BCUT2D eigenvalue weighted by molar-refractivity contribution is -0.131. The van der Waals surface area contributed by atoms with Crippen LogP contribution in [0.15, 0.2) is 59.5 Å². The first-order valence-electron chi connectivity index (χ1n) is 9.96. The average molecular weight is 430 g/mol. The summed E-state index contributed by atoms with van der Waals surface area (Å²) in [7, 11) is -2.05. The zero-order chi connectivity index (χ0) is 21.7. The molecule has 1 fully saturated rings. The standard InChI is InChI=1S/C22H27N3O4S/c1-16-8-10-19(11-9-16)30(28,29)25-14-12-18(13-15-25)21(26)24-20(22(27)23-2)17-6-4-3-5-7-17/h3-11,18,20H,12-15H2,1-2H3,(H,23,27)(H,24,26)/t20-/m1/s1. The minimum atomic E-state index is -3.57. The number of nitrogens with one attached hydrogen (secondary N) is 2. The van der Waals surface area contributed by atoms with Crippen LogP contribution in [0, 0.1) is 12.8 Å². The number of carbonyl (C=O) groups excluding carboxylic acids is 2. The number of hydrogen-bond donors (Lipinski definition) is 2. The van der Waals surface area contributed by atoms with Crippen molar-refractivity contribution in [3.05, 3.63) is 65.7 Å². The monoisotopic (exact) mass is 429 g/mol. The van der Waals surface area contributed by atoms with Gasteiger partial charge in [0.05, 0.1) is 4.90 Å². The molecule has 1 atom stereocenters. The highest BCUT2D eigenvalue weighted by Crippen LogP contribution is 2.25. The molecule has 2 aromatic carbocycles. The molecule has 2 amide bonds. The van der Waals surface area contributed by atoms with Crippen molar-refractivity contribution in [2.75, 3.05) is 20.1 Å². The van der Waals surface area contributed by atoms with Gasteiger partial charge in [0.1, 0.15) is 6.04 Å². The van der Waals surface area contributed by atoms with Crippen LogP contribution in [0.3, 0.4) is 0 Å². The number of hydrogen-bond acceptors (Lipinski definition) is 4. The first-order valence-corrected chi connectivity index (χ1v) is 11.4. The molecular formula is C22H27N3O4S. The van der Waals surface area contributed by atoms with Crippen LogP contribution in [-0.4, -0.2) is 44.7 Å². The highest BCUT2D eigenvalue weighted by molar-refractivity contribution is 7.89. The van der Waals surface area contributed by atoms with Crippen molar-refractivity contribution in [1.82, 2.24) is 14.9 Å². The van der Waals surface area contributed by atoms with Gasteiger partial charge < -0.3 is 10.6 Å². The van der Waals surface area contributed by atoms with E-state index in [1.165, 1.54) is 11.4 Å². The molecule has 160 valence electrons. The summed E-state index contributed by atoms with van der Waals surface area (Å²) in [5.41, 5.74) is 1.69. The Kier molecular flexibility index (Phi) is 6.89. The molecule has 7 nitrogen and oxygen atoms in total. The predicted molar refractivity (Wildman–Crippen MR) is 114 cm³/mol. The summed E-state index contributed by atoms with van der Waals surface area (Å²) in [6, 6.07) is 15.0. The molecule has 0 aliphatic carbocycles. The lowest BCUT2D eigenvalue weighted by atomic mass is 9.96. The zero-order valence-corrected chi connectivity index (χ0v) is 18.0. The molecule has 1 aliphatic heterocycles. The molecule has 0 unspecified atom stereocenters. The molecule has 1 saturated heterocycles. The van der Waals surface area contributed by atoms with E-state index < -0.39 is 16.1 Å². The second-order valence-electron chi connectivity index (χ2n) is 7.46. The molecule has 0 aromatic heterocycles. The minimum absolute atomic E-state index is 0.236. The normalized spacial score (nSPS) is 16.6. The molecule has 1 aliphatic rings. The molecule has 8 heteroatoms. The van der Waals surface area contributed by atoms with Crippen LogP contribution in [-0.2, 0) is 19.6 Å². The molecule has 2 N–H and O–H groups in total. The van der Waals surface area contributed by atoms with E-state index in [4.69, 9.17) is 0 Å². The van der Waals surface area contributed by atoms with E-state index in [2.05, 4.69) is 10.6 Å². The fourth-order valence-corrected chi connectivity index (χ4v) is 5.04. The molecule has 2 aromatic rings. The Labute approximate surface area is 177 Å². The van der Waals surface area contributed by atoms with Gasteiger partial charge in [-0.15, -0.1) is 0 Å². The summed E-state index contributed by atoms with van der Waals surface area (Å²) in [4.78, 5) is 25.4. The van der Waals surface area contributed by atoms with Crippen LogP contribution in [0.1, 0.15) is 30.0 Å². The number of rotatable bonds is 6. The lowest BCUT2D eigenvalue weighted by Crippen LogP contribution is -2.46. The summed E-state index contributed by atoms with van der Waals surface area (Å²) in [6.07, 6.45) is 0.818. The van der Waals surface area contributed by atoms with Crippen molar-refractivity contribution < 1.29 is 18.0 Å². The van der Waals surface area contributed by atoms with Crippen molar-refractivity contribution in [1.29, 1.82) is 0 Å². The van der Waals surface area contributed by atoms with E-state index in [0.29, 0.717) is 18.4 Å². The quantitative estimate of drug-likeness (QED) is 0.734. The lowest BCUT2D eigenvalue weighted by Gasteiger charge is -2.31. The Morgan fingerprint density at radius 3 is 2.17 bits per heavy atom. The summed E-state index contributed by atoms with van der Waals surface area (Å²) in [5.74, 6) is -0.876. The van der Waals surface area contributed by atoms with Crippen molar-refractivity contribution in [2.24, 2.45) is 5.92 Å². The second-order valence-corrected chi connectivity index (χ2v) is 9.40. The number of amides is 2. The third kappa shape index (κ3) is 4.88. The maximum Gasteiger partial charge on any atom is 0.246 e. The number of aryl methyl sites for hydroxylation is 1. The molecule has 0 saturated carbocycles. The van der Waals surface area contributed by atoms with Gasteiger partial charge >= 0.3 is 0 Å². The predicted octanol–water partition coefficient (Wildman–Crippen LogP) is 2.00. The first kappa shape index (κ1) is 22.0. The van der Waals surface area contributed by atoms with Crippen LogP contribution in [0.25, 0.3) is 0 Å². The number of likely N-dealkylation sites (N-methyl/N-ethyl adjacent to an activating group) is 1. The topological polar surface area (TPSA) is 95.6 Å². The van der Waals surface area contributed by atoms with Gasteiger partial charge in [-0.2, -0.15) is 4.31 Å². The van der Waals surface area contributed by atoms with Gasteiger partial charge in [0.2, 0.25) is 21.8 Å². The van der Waals surface area contributed by atoms with Crippen molar-refractivity contribution in [3.63, 3.8) is 0 Å². The Balaban J connectivity index is 1.64. The highest BCUT2D eigenvalue weighted by Gasteiger charge is 2.33. The molecule has 0 spiro atoms. The third-order valence-electron chi connectivity index (χ3n) is 5.41. The van der Waals surface area contributed by atoms with Crippen molar-refractivity contribution in [2.45, 2.75) is 30.7 Å². The number of carbonyl (C=O) groups is 2. The van der Waals surface area contributed by atoms with E-state index in [-0.39, 0.29) is 35.7 Å². The second kappa shape index (κ2) is 9.40. The molecule has 3 rings (SSSR count). The average Bonchev–Trinajstić information content (AvgIpc) is 2.77. The first-order chi connectivity index (χ1) is 14.3. The van der Waals surface area contributed by atoms with Crippen LogP contribution < -0.4 is 10.6 Å². The summed E-state index contributed by atoms with van der Waals surface area (Å²) in [6.45, 7) is 2.44. The van der Waals surface area contributed by atoms with E-state index >= 15 is 0 Å². The summed E-state index contributed by atoms with van der Waals surface area (Å²) >= 11 is 0. The molecule has 0 radical (unpaired) electrons. The Morgan fingerprint density at radius 1 is 1.00 bits per heavy atom. The summed E-state index contributed by atoms with van der Waals surface area (Å²) in [5, 5.41) is 5.41. The Morgan fingerprint density at radius 2 is 1.60 bits per heavy atom. The maximum absolute atomic E-state index is 12.8. The number of sulfonamides is 1. The van der Waals surface area contributed by atoms with Gasteiger partial charge in [-0.05, 0) is 37.5 Å². The van der Waals surface area contributed by atoms with Gasteiger partial charge in [-0.25, -0.2) is 8.42 Å². The maximum atomic E-state index is 12.8. The van der Waals surface area contributed by atoms with Crippen LogP contribution in [0.2, 0.25) is 0 Å². The SMILES string of the molecule is CNC(=O)[C@H](NC(=O)C1CCN(S(=O)(=O)c2ccc(C)cc2)CC1)c1ccccc1. The van der Waals surface area contributed by atoms with Gasteiger partial charge in [0.15, 0.2) is 0 Å². The van der Waals surface area contributed by atoms with Gasteiger partial charge in [-0.1, -0.05) is 48.0 Å². The smallest absolute Gasteiger partial charge is 0.246 e. The number of piperidine rings is 1. The van der Waals surface area contributed by atoms with Gasteiger partial charge in [0.25, 0.3) is 0 Å². The Hall–Kier alpha value is -2.71. The molecule has 0 bridgehead atoms. The molecular weight excluding hydrogens is 402 g/mol. The third-order valence-corrected chi connectivity index (χ3v) is 7.32. The van der Waals surface area contributed by atoms with Gasteiger partial charge in [-0.3, -0.25) is 9.59 Å². The summed E-state index contributed by atoms with van der Waals surface area (Å²) < 4.78 is 27.1. The number of nitrogens with zero attached hydrogens (tertiary/aromatic N) is 1. The highest BCUT2D eigenvalue weighted by atomic mass is 32.2. The van der Waals surface area contributed by atoms with E-state index in [1.807, 2.05) is 25.1 Å². The van der Waals surface area contributed by atoms with E-state index in [0.717, 1.165) is 5.56 Å². The minimum Gasteiger partial charge on any atom is -0.357 e. The molecule has 30 heavy (non-hydrogen) atoms. The van der Waals surface area contributed by atoms with Crippen LogP contribution in [0.4, 0.5) is 0 Å². The fourth-order valence-electron chi connectivity index (χ4n) is 3.57. The Bertz CT molecular complexity index is 983. The van der Waals surface area contributed by atoms with E-state index in [9.17, 15) is 18.0 Å². The molecule has 1 heterocycles. The van der Waals surface area contributed by atoms with Gasteiger partial charge in [0, 0.05) is 26.1 Å². The fraction of sp³-hybridized carbons (Fsp3) is 0.364. The number of benzene rings is 2. The van der Waals surface area contributed by atoms with E-state index in [1.54, 1.807) is 36.4 Å². The van der Waals surface area contributed by atoms with Crippen molar-refractivity contribution in [3.8, 4) is 0 Å². The van der Waals surface area contributed by atoms with Crippen LogP contribution in [0.5, 0.6) is 0 Å². The van der Waals surface area contributed by atoms with Crippen LogP contribution >= 0.6 is 0 Å².